The van der Waals surface area contributed by atoms with Crippen molar-refractivity contribution in [2.45, 2.75) is 37.4 Å². The van der Waals surface area contributed by atoms with Gasteiger partial charge in [-0.15, -0.1) is 0 Å². The van der Waals surface area contributed by atoms with Crippen LogP contribution in [0.3, 0.4) is 0 Å². The Bertz CT molecular complexity index is 715. The van der Waals surface area contributed by atoms with Crippen LogP contribution in [0, 0.1) is 3.57 Å². The van der Waals surface area contributed by atoms with Crippen molar-refractivity contribution in [1.29, 1.82) is 0 Å². The average molecular weight is 392 g/mol. The molecule has 2 N–H and O–H groups in total. The van der Waals surface area contributed by atoms with Crippen LogP contribution in [-0.2, 0) is 0 Å². The summed E-state index contributed by atoms with van der Waals surface area (Å²) in [5, 5.41) is 9.06. The molecular weight excluding hydrogens is 375 g/mol. The van der Waals surface area contributed by atoms with Crippen molar-refractivity contribution in [2.24, 2.45) is 0 Å². The zero-order valence-corrected chi connectivity index (χ0v) is 13.8. The van der Waals surface area contributed by atoms with Crippen LogP contribution in [0.2, 0.25) is 0 Å². The summed E-state index contributed by atoms with van der Waals surface area (Å²) in [5.74, 6) is 0.0510. The Morgan fingerprint density at radius 2 is 2.00 bits per heavy atom. The van der Waals surface area contributed by atoms with E-state index in [1.807, 2.05) is 18.2 Å². The predicted octanol–water partition coefficient (Wildman–Crippen LogP) is 3.07. The second-order valence-corrected chi connectivity index (χ2v) is 7.31. The summed E-state index contributed by atoms with van der Waals surface area (Å²) in [5.41, 5.74) is 0.757. The molecule has 2 bridgehead atoms. The van der Waals surface area contributed by atoms with E-state index in [0.717, 1.165) is 17.4 Å². The van der Waals surface area contributed by atoms with Gasteiger partial charge in [0.15, 0.2) is 0 Å². The number of halogens is 1. The highest BCUT2D eigenvalue weighted by Crippen LogP contribution is 2.28. The van der Waals surface area contributed by atoms with E-state index in [4.69, 9.17) is 0 Å². The topological polar surface area (TPSA) is 41.1 Å². The molecule has 0 spiro atoms. The zero-order chi connectivity index (χ0) is 14.4. The number of fused-ring (bicyclic) bond motifs is 3. The summed E-state index contributed by atoms with van der Waals surface area (Å²) in [4.78, 5) is 12.5. The van der Waals surface area contributed by atoms with E-state index >= 15 is 0 Å². The molecule has 0 aliphatic carbocycles. The highest BCUT2D eigenvalue weighted by atomic mass is 127. The van der Waals surface area contributed by atoms with Gasteiger partial charge in [-0.2, -0.15) is 0 Å². The summed E-state index contributed by atoms with van der Waals surface area (Å²) in [6.45, 7) is 0. The highest BCUT2D eigenvalue weighted by molar-refractivity contribution is 14.1. The third-order valence-corrected chi connectivity index (χ3v) is 5.35. The molecule has 2 saturated heterocycles. The monoisotopic (exact) mass is 392 g/mol. The van der Waals surface area contributed by atoms with E-state index in [2.05, 4.69) is 51.4 Å². The number of hydrogen-bond acceptors (Lipinski definition) is 2. The van der Waals surface area contributed by atoms with E-state index in [-0.39, 0.29) is 5.91 Å². The number of carbonyl (C=O) groups is 1. The lowest BCUT2D eigenvalue weighted by atomic mass is 9.95. The van der Waals surface area contributed by atoms with Crippen LogP contribution in [0.1, 0.15) is 29.6 Å². The van der Waals surface area contributed by atoms with Crippen LogP contribution in [-0.4, -0.2) is 24.0 Å². The Morgan fingerprint density at radius 1 is 1.14 bits per heavy atom. The van der Waals surface area contributed by atoms with Crippen LogP contribution in [0.4, 0.5) is 0 Å². The van der Waals surface area contributed by atoms with Gasteiger partial charge in [0.2, 0.25) is 0 Å². The Labute approximate surface area is 137 Å². The summed E-state index contributed by atoms with van der Waals surface area (Å²) >= 11 is 2.30. The minimum absolute atomic E-state index is 0.0510. The molecule has 21 heavy (non-hydrogen) atoms. The number of benzene rings is 2. The van der Waals surface area contributed by atoms with Gasteiger partial charge in [0.05, 0.1) is 0 Å². The molecule has 2 aromatic rings. The third kappa shape index (κ3) is 2.55. The normalized spacial score (nSPS) is 27.2. The van der Waals surface area contributed by atoms with Gasteiger partial charge in [-0.05, 0) is 76.9 Å². The van der Waals surface area contributed by atoms with Gasteiger partial charge in [0, 0.05) is 27.3 Å². The second-order valence-electron chi connectivity index (χ2n) is 6.07. The van der Waals surface area contributed by atoms with Crippen LogP contribution in [0.5, 0.6) is 0 Å². The minimum atomic E-state index is 0.0510. The van der Waals surface area contributed by atoms with Crippen molar-refractivity contribution in [3.05, 3.63) is 45.5 Å². The van der Waals surface area contributed by atoms with Crippen molar-refractivity contribution in [3.8, 4) is 0 Å². The Morgan fingerprint density at radius 3 is 2.76 bits per heavy atom. The van der Waals surface area contributed by atoms with E-state index in [1.54, 1.807) is 0 Å². The molecule has 2 aromatic carbocycles. The van der Waals surface area contributed by atoms with Crippen LogP contribution < -0.4 is 10.6 Å². The standard InChI is InChI=1S/C17H17IN2O/c18-13-4-3-10-1-2-11(7-12(10)8-13)17(21)20-16-9-14-5-6-15(16)19-14/h1-4,7-8,14-16,19H,5-6,9H2,(H,20,21). The first-order valence-corrected chi connectivity index (χ1v) is 8.53. The number of amides is 1. The Hall–Kier alpha value is -1.14. The van der Waals surface area contributed by atoms with Crippen LogP contribution in [0.25, 0.3) is 10.8 Å². The van der Waals surface area contributed by atoms with E-state index in [0.29, 0.717) is 18.1 Å². The van der Waals surface area contributed by atoms with Gasteiger partial charge in [-0.25, -0.2) is 0 Å². The molecule has 3 unspecified atom stereocenters. The molecule has 0 saturated carbocycles. The smallest absolute Gasteiger partial charge is 0.251 e. The third-order valence-electron chi connectivity index (χ3n) is 4.68. The van der Waals surface area contributed by atoms with E-state index in [1.165, 1.54) is 21.8 Å². The van der Waals surface area contributed by atoms with Crippen molar-refractivity contribution in [3.63, 3.8) is 0 Å². The maximum absolute atomic E-state index is 12.5. The van der Waals surface area contributed by atoms with Gasteiger partial charge in [0.25, 0.3) is 5.91 Å². The highest BCUT2D eigenvalue weighted by Gasteiger charge is 2.39. The second kappa shape index (κ2) is 5.25. The summed E-state index contributed by atoms with van der Waals surface area (Å²) in [6, 6.07) is 13.6. The lowest BCUT2D eigenvalue weighted by molar-refractivity contribution is 0.0931. The molecule has 4 heteroatoms. The molecule has 108 valence electrons. The van der Waals surface area contributed by atoms with Crippen LogP contribution in [0.15, 0.2) is 36.4 Å². The molecule has 4 rings (SSSR count). The molecule has 2 aliphatic rings. The molecule has 2 aliphatic heterocycles. The first-order valence-electron chi connectivity index (χ1n) is 7.45. The van der Waals surface area contributed by atoms with Gasteiger partial charge < -0.3 is 10.6 Å². The summed E-state index contributed by atoms with van der Waals surface area (Å²) in [7, 11) is 0. The number of rotatable bonds is 2. The molecule has 2 fully saturated rings. The Balaban J connectivity index is 1.56. The van der Waals surface area contributed by atoms with Gasteiger partial charge in [-0.1, -0.05) is 12.1 Å². The van der Waals surface area contributed by atoms with Crippen molar-refractivity contribution < 1.29 is 4.79 Å². The molecule has 0 radical (unpaired) electrons. The molecular formula is C17H17IN2O. The van der Waals surface area contributed by atoms with Crippen molar-refractivity contribution >= 4 is 39.3 Å². The molecule has 3 atom stereocenters. The first-order chi connectivity index (χ1) is 10.2. The first kappa shape index (κ1) is 13.5. The van der Waals surface area contributed by atoms with Crippen LogP contribution >= 0.6 is 22.6 Å². The van der Waals surface area contributed by atoms with Gasteiger partial charge >= 0.3 is 0 Å². The SMILES string of the molecule is O=C(NC1CC2CCC1N2)c1ccc2ccc(I)cc2c1. The maximum Gasteiger partial charge on any atom is 0.251 e. The fourth-order valence-electron chi connectivity index (χ4n) is 3.59. The number of hydrogen-bond donors (Lipinski definition) is 2. The van der Waals surface area contributed by atoms with Crippen molar-refractivity contribution in [1.82, 2.24) is 10.6 Å². The molecule has 1 amide bonds. The van der Waals surface area contributed by atoms with Crippen molar-refractivity contribution in [2.75, 3.05) is 0 Å². The van der Waals surface area contributed by atoms with E-state index in [9.17, 15) is 4.79 Å². The lowest BCUT2D eigenvalue weighted by Gasteiger charge is -2.21. The fourth-order valence-corrected chi connectivity index (χ4v) is 4.11. The van der Waals surface area contributed by atoms with Gasteiger partial charge in [-0.3, -0.25) is 4.79 Å². The fraction of sp³-hybridized carbons (Fsp3) is 0.353. The molecule has 2 heterocycles. The number of carbonyl (C=O) groups excluding carboxylic acids is 1. The molecule has 0 aromatic heterocycles. The molecule has 3 nitrogen and oxygen atoms in total. The maximum atomic E-state index is 12.5. The number of nitrogens with one attached hydrogen (secondary N) is 2. The summed E-state index contributed by atoms with van der Waals surface area (Å²) < 4.78 is 1.19. The predicted molar refractivity (Wildman–Crippen MR) is 92.5 cm³/mol. The zero-order valence-electron chi connectivity index (χ0n) is 11.6. The summed E-state index contributed by atoms with van der Waals surface area (Å²) in [6.07, 6.45) is 3.51. The lowest BCUT2D eigenvalue weighted by Crippen LogP contribution is -2.42. The largest absolute Gasteiger partial charge is 0.348 e. The quantitative estimate of drug-likeness (QED) is 0.772. The minimum Gasteiger partial charge on any atom is -0.348 e. The Kier molecular flexibility index (Phi) is 3.38. The average Bonchev–Trinajstić information content (AvgIpc) is 3.09. The van der Waals surface area contributed by atoms with E-state index < -0.39 is 0 Å². The van der Waals surface area contributed by atoms with Gasteiger partial charge in [0.1, 0.15) is 0 Å².